The monoisotopic (exact) mass is 217 g/mol. The van der Waals surface area contributed by atoms with Crippen LogP contribution in [0.1, 0.15) is 38.2 Å². The van der Waals surface area contributed by atoms with Gasteiger partial charge in [0.05, 0.1) is 17.7 Å². The van der Waals surface area contributed by atoms with Crippen molar-refractivity contribution in [1.82, 2.24) is 9.78 Å². The minimum atomic E-state index is -0.121. The SMILES string of the molecule is CCC1CCC(C#N)(Cc2cnn(C)c2)C1. The lowest BCUT2D eigenvalue weighted by Gasteiger charge is -2.19. The lowest BCUT2D eigenvalue weighted by atomic mass is 9.81. The molecule has 0 amide bonds. The van der Waals surface area contributed by atoms with Crippen molar-refractivity contribution >= 4 is 0 Å². The Hall–Kier alpha value is -1.30. The van der Waals surface area contributed by atoms with Gasteiger partial charge in [-0.2, -0.15) is 10.4 Å². The molecule has 0 spiro atoms. The highest BCUT2D eigenvalue weighted by atomic mass is 15.2. The van der Waals surface area contributed by atoms with Crippen molar-refractivity contribution in [2.45, 2.75) is 39.0 Å². The Bertz CT molecular complexity index is 402. The summed E-state index contributed by atoms with van der Waals surface area (Å²) in [5, 5.41) is 13.6. The molecule has 1 fully saturated rings. The zero-order chi connectivity index (χ0) is 11.6. The third-order valence-electron chi connectivity index (χ3n) is 3.83. The van der Waals surface area contributed by atoms with E-state index in [4.69, 9.17) is 0 Å². The number of nitrogens with zero attached hydrogens (tertiary/aromatic N) is 3. The van der Waals surface area contributed by atoms with Gasteiger partial charge in [-0.1, -0.05) is 13.3 Å². The van der Waals surface area contributed by atoms with E-state index in [1.165, 1.54) is 18.4 Å². The molecule has 0 bridgehead atoms. The predicted octanol–water partition coefficient (Wildman–Crippen LogP) is 2.68. The minimum absolute atomic E-state index is 0.121. The van der Waals surface area contributed by atoms with Crippen LogP contribution < -0.4 is 0 Å². The number of aryl methyl sites for hydroxylation is 1. The zero-order valence-electron chi connectivity index (χ0n) is 10.1. The highest BCUT2D eigenvalue weighted by Crippen LogP contribution is 2.44. The Balaban J connectivity index is 2.09. The largest absolute Gasteiger partial charge is 0.276 e. The summed E-state index contributed by atoms with van der Waals surface area (Å²) in [4.78, 5) is 0. The molecule has 3 heteroatoms. The van der Waals surface area contributed by atoms with Crippen LogP contribution in [-0.2, 0) is 13.5 Å². The third-order valence-corrected chi connectivity index (χ3v) is 3.83. The smallest absolute Gasteiger partial charge is 0.0693 e. The molecule has 0 saturated heterocycles. The van der Waals surface area contributed by atoms with Gasteiger partial charge < -0.3 is 0 Å². The van der Waals surface area contributed by atoms with Gasteiger partial charge in [0.25, 0.3) is 0 Å². The van der Waals surface area contributed by atoms with Gasteiger partial charge in [-0.05, 0) is 37.2 Å². The fourth-order valence-electron chi connectivity index (χ4n) is 2.84. The minimum Gasteiger partial charge on any atom is -0.276 e. The Morgan fingerprint density at radius 2 is 2.50 bits per heavy atom. The van der Waals surface area contributed by atoms with E-state index in [0.29, 0.717) is 0 Å². The quantitative estimate of drug-likeness (QED) is 0.781. The average molecular weight is 217 g/mol. The molecule has 16 heavy (non-hydrogen) atoms. The van der Waals surface area contributed by atoms with Crippen LogP contribution in [-0.4, -0.2) is 9.78 Å². The summed E-state index contributed by atoms with van der Waals surface area (Å²) in [5.74, 6) is 0.747. The van der Waals surface area contributed by atoms with E-state index in [2.05, 4.69) is 18.1 Å². The molecule has 0 radical (unpaired) electrons. The highest BCUT2D eigenvalue weighted by Gasteiger charge is 2.38. The molecule has 3 nitrogen and oxygen atoms in total. The lowest BCUT2D eigenvalue weighted by Crippen LogP contribution is -2.17. The second kappa shape index (κ2) is 4.29. The Labute approximate surface area is 97.1 Å². The Morgan fingerprint density at radius 1 is 1.69 bits per heavy atom. The van der Waals surface area contributed by atoms with Gasteiger partial charge >= 0.3 is 0 Å². The second-order valence-electron chi connectivity index (χ2n) is 5.11. The van der Waals surface area contributed by atoms with Gasteiger partial charge in [0.1, 0.15) is 0 Å². The molecule has 1 aromatic rings. The first kappa shape index (κ1) is 11.2. The maximum atomic E-state index is 9.42. The van der Waals surface area contributed by atoms with Crippen molar-refractivity contribution in [2.75, 3.05) is 0 Å². The van der Waals surface area contributed by atoms with Crippen LogP contribution in [0.25, 0.3) is 0 Å². The first-order valence-electron chi connectivity index (χ1n) is 6.06. The predicted molar refractivity (Wildman–Crippen MR) is 62.6 cm³/mol. The fourth-order valence-corrected chi connectivity index (χ4v) is 2.84. The van der Waals surface area contributed by atoms with Crippen molar-refractivity contribution in [2.24, 2.45) is 18.4 Å². The van der Waals surface area contributed by atoms with Gasteiger partial charge in [-0.25, -0.2) is 0 Å². The maximum absolute atomic E-state index is 9.42. The molecule has 0 aliphatic heterocycles. The molecule has 1 saturated carbocycles. The van der Waals surface area contributed by atoms with Gasteiger partial charge in [-0.3, -0.25) is 4.68 Å². The first-order valence-corrected chi connectivity index (χ1v) is 6.06. The normalized spacial score (nSPS) is 29.2. The summed E-state index contributed by atoms with van der Waals surface area (Å²) in [7, 11) is 1.92. The van der Waals surface area contributed by atoms with Crippen LogP contribution in [0.4, 0.5) is 0 Å². The van der Waals surface area contributed by atoms with E-state index in [9.17, 15) is 5.26 Å². The van der Waals surface area contributed by atoms with Crippen molar-refractivity contribution in [3.63, 3.8) is 0 Å². The van der Waals surface area contributed by atoms with Gasteiger partial charge in [0.15, 0.2) is 0 Å². The molecule has 1 aliphatic carbocycles. The average Bonchev–Trinajstić information content (AvgIpc) is 2.87. The Morgan fingerprint density at radius 3 is 3.00 bits per heavy atom. The molecule has 2 rings (SSSR count). The molecular formula is C13H19N3. The summed E-state index contributed by atoms with van der Waals surface area (Å²) in [6, 6.07) is 2.56. The number of hydrogen-bond acceptors (Lipinski definition) is 2. The molecule has 1 aliphatic rings. The first-order chi connectivity index (χ1) is 7.67. The van der Waals surface area contributed by atoms with Crippen LogP contribution in [0, 0.1) is 22.7 Å². The lowest BCUT2D eigenvalue weighted by molar-refractivity contribution is 0.381. The number of nitriles is 1. The van der Waals surface area contributed by atoms with Crippen molar-refractivity contribution < 1.29 is 0 Å². The van der Waals surface area contributed by atoms with Crippen molar-refractivity contribution in [1.29, 1.82) is 5.26 Å². The molecule has 2 unspecified atom stereocenters. The molecule has 0 N–H and O–H groups in total. The Kier molecular flexibility index (Phi) is 3.00. The summed E-state index contributed by atoms with van der Waals surface area (Å²) in [6.45, 7) is 2.22. The van der Waals surface area contributed by atoms with Crippen LogP contribution in [0.3, 0.4) is 0 Å². The van der Waals surface area contributed by atoms with E-state index in [-0.39, 0.29) is 5.41 Å². The van der Waals surface area contributed by atoms with E-state index < -0.39 is 0 Å². The molecule has 2 atom stereocenters. The van der Waals surface area contributed by atoms with Crippen LogP contribution >= 0.6 is 0 Å². The van der Waals surface area contributed by atoms with Crippen LogP contribution in [0.5, 0.6) is 0 Å². The molecule has 1 heterocycles. The topological polar surface area (TPSA) is 41.6 Å². The van der Waals surface area contributed by atoms with Crippen LogP contribution in [0.15, 0.2) is 12.4 Å². The van der Waals surface area contributed by atoms with Crippen molar-refractivity contribution in [3.05, 3.63) is 18.0 Å². The second-order valence-corrected chi connectivity index (χ2v) is 5.11. The van der Waals surface area contributed by atoms with Gasteiger partial charge in [0.2, 0.25) is 0 Å². The van der Waals surface area contributed by atoms with E-state index in [1.54, 1.807) is 0 Å². The number of hydrogen-bond donors (Lipinski definition) is 0. The van der Waals surface area contributed by atoms with Crippen molar-refractivity contribution in [3.8, 4) is 6.07 Å². The zero-order valence-corrected chi connectivity index (χ0v) is 10.1. The van der Waals surface area contributed by atoms with E-state index in [1.807, 2.05) is 24.1 Å². The molecular weight excluding hydrogens is 198 g/mol. The fraction of sp³-hybridized carbons (Fsp3) is 0.692. The van der Waals surface area contributed by atoms with E-state index in [0.717, 1.165) is 25.2 Å². The van der Waals surface area contributed by atoms with Crippen LogP contribution in [0.2, 0.25) is 0 Å². The maximum Gasteiger partial charge on any atom is 0.0693 e. The number of rotatable bonds is 3. The summed E-state index contributed by atoms with van der Waals surface area (Å²) in [5.41, 5.74) is 1.07. The summed E-state index contributed by atoms with van der Waals surface area (Å²) >= 11 is 0. The highest BCUT2D eigenvalue weighted by molar-refractivity contribution is 5.15. The third kappa shape index (κ3) is 2.11. The standard InChI is InChI=1S/C13H19N3/c1-3-11-4-5-13(6-11,10-14)7-12-8-15-16(2)9-12/h8-9,11H,3-7H2,1-2H3. The molecule has 1 aromatic heterocycles. The summed E-state index contributed by atoms with van der Waals surface area (Å²) < 4.78 is 1.81. The van der Waals surface area contributed by atoms with E-state index >= 15 is 0 Å². The molecule has 86 valence electrons. The summed E-state index contributed by atoms with van der Waals surface area (Å²) in [6.07, 6.45) is 9.32. The van der Waals surface area contributed by atoms with Gasteiger partial charge in [-0.15, -0.1) is 0 Å². The number of aromatic nitrogens is 2. The van der Waals surface area contributed by atoms with Gasteiger partial charge in [0, 0.05) is 13.2 Å². The molecule has 0 aromatic carbocycles.